The molecule has 3 N–H and O–H groups in total. The van der Waals surface area contributed by atoms with Gasteiger partial charge >= 0.3 is 18.5 Å². The number of tetrazole rings is 1. The smallest absolute Gasteiger partial charge is 0.416 e. The van der Waals surface area contributed by atoms with Crippen molar-refractivity contribution in [2.45, 2.75) is 77.0 Å². The Bertz CT molecular complexity index is 1410. The van der Waals surface area contributed by atoms with Gasteiger partial charge in [-0.1, -0.05) is 5.10 Å². The van der Waals surface area contributed by atoms with Crippen molar-refractivity contribution >= 4 is 18.1 Å². The largest absolute Gasteiger partial charge is 0.465 e. The summed E-state index contributed by atoms with van der Waals surface area (Å²) >= 11 is 0. The summed E-state index contributed by atoms with van der Waals surface area (Å²) in [6, 6.07) is 2.83. The highest BCUT2D eigenvalue weighted by atomic mass is 19.4. The molecule has 18 heteroatoms. The lowest BCUT2D eigenvalue weighted by molar-refractivity contribution is -0.143. The zero-order valence-corrected chi connectivity index (χ0v) is 24.1. The van der Waals surface area contributed by atoms with Crippen molar-refractivity contribution in [3.63, 3.8) is 0 Å². The van der Waals surface area contributed by atoms with E-state index in [4.69, 9.17) is 5.73 Å². The van der Waals surface area contributed by atoms with Gasteiger partial charge < -0.3 is 20.7 Å². The van der Waals surface area contributed by atoms with Crippen LogP contribution in [-0.2, 0) is 41.1 Å². The lowest BCUT2D eigenvalue weighted by atomic mass is 9.90. The van der Waals surface area contributed by atoms with E-state index >= 15 is 0 Å². The third-order valence-electron chi connectivity index (χ3n) is 6.45. The molecule has 248 valence electrons. The number of carbonyl (C=O) groups is 1. The first-order chi connectivity index (χ1) is 20.8. The molecule has 0 bridgehead atoms. The molecule has 0 radical (unpaired) electrons. The van der Waals surface area contributed by atoms with Gasteiger partial charge in [-0.3, -0.25) is 4.79 Å². The molecular formula is C27H30F9N7O2. The van der Waals surface area contributed by atoms with Crippen LogP contribution in [0.4, 0.5) is 51.1 Å². The standard InChI is InChI=1S/C23H22F9N7.C4H8O2/c1-12-6-19(17-10-14(21(24,25)26)2-3-18(17)34-12)38(20-35-37-39(36-20)5-4-33)11-13-7-15(22(27,28)29)9-16(8-13)23(30,31)32;1-4(2)6-3-5/h2-3,7-10,12,19,34H,4-6,11,33H2,1H3;3-4H,1-2H3. The molecule has 4 rings (SSSR count). The Labute approximate surface area is 251 Å². The molecule has 0 saturated heterocycles. The summed E-state index contributed by atoms with van der Waals surface area (Å²) in [5.41, 5.74) is 1.53. The van der Waals surface area contributed by atoms with E-state index in [1.54, 1.807) is 20.8 Å². The number of alkyl halides is 9. The maximum atomic E-state index is 13.5. The summed E-state index contributed by atoms with van der Waals surface area (Å²) in [6.07, 6.45) is -14.7. The van der Waals surface area contributed by atoms with Crippen LogP contribution in [0.3, 0.4) is 0 Å². The van der Waals surface area contributed by atoms with Gasteiger partial charge in [0.25, 0.3) is 12.4 Å². The van der Waals surface area contributed by atoms with Crippen molar-refractivity contribution in [3.05, 3.63) is 64.2 Å². The van der Waals surface area contributed by atoms with Crippen LogP contribution in [0.25, 0.3) is 0 Å². The van der Waals surface area contributed by atoms with Gasteiger partial charge in [0.15, 0.2) is 0 Å². The summed E-state index contributed by atoms with van der Waals surface area (Å²) in [4.78, 5) is 11.7. The number of aromatic nitrogens is 4. The Hall–Kier alpha value is -4.09. The minimum absolute atomic E-state index is 0.00112. The van der Waals surface area contributed by atoms with Crippen LogP contribution in [0.2, 0.25) is 0 Å². The Balaban J connectivity index is 0.000000838. The predicted molar refractivity (Wildman–Crippen MR) is 144 cm³/mol. The summed E-state index contributed by atoms with van der Waals surface area (Å²) < 4.78 is 126. The molecule has 9 nitrogen and oxygen atoms in total. The number of ether oxygens (including phenoxy) is 1. The number of nitrogens with one attached hydrogen (secondary N) is 1. The number of carbonyl (C=O) groups excluding carboxylic acids is 1. The molecule has 0 aliphatic carbocycles. The number of rotatable bonds is 8. The van der Waals surface area contributed by atoms with Gasteiger partial charge in [0.2, 0.25) is 0 Å². The highest BCUT2D eigenvalue weighted by Gasteiger charge is 2.39. The monoisotopic (exact) mass is 655 g/mol. The Kier molecular flexibility index (Phi) is 10.9. The second-order valence-corrected chi connectivity index (χ2v) is 10.4. The van der Waals surface area contributed by atoms with Crippen molar-refractivity contribution in [2.75, 3.05) is 16.8 Å². The molecule has 0 spiro atoms. The van der Waals surface area contributed by atoms with Gasteiger partial charge in [-0.15, -0.1) is 5.10 Å². The summed E-state index contributed by atoms with van der Waals surface area (Å²) in [6.45, 7) is 5.39. The molecule has 0 amide bonds. The minimum Gasteiger partial charge on any atom is -0.465 e. The molecule has 0 saturated carbocycles. The molecule has 2 atom stereocenters. The zero-order valence-electron chi connectivity index (χ0n) is 24.1. The number of halogens is 9. The van der Waals surface area contributed by atoms with Crippen LogP contribution in [0.15, 0.2) is 36.4 Å². The van der Waals surface area contributed by atoms with E-state index in [2.05, 4.69) is 25.5 Å². The Morgan fingerprint density at radius 3 is 2.09 bits per heavy atom. The fourth-order valence-corrected chi connectivity index (χ4v) is 4.53. The normalized spacial score (nSPS) is 16.8. The first-order valence-corrected chi connectivity index (χ1v) is 13.4. The van der Waals surface area contributed by atoms with Gasteiger partial charge in [-0.25, -0.2) is 0 Å². The quantitative estimate of drug-likeness (QED) is 0.218. The summed E-state index contributed by atoms with van der Waals surface area (Å²) in [5, 5.41) is 14.9. The average Bonchev–Trinajstić information content (AvgIpc) is 3.38. The molecule has 0 fully saturated rings. The number of hydrogen-bond acceptors (Lipinski definition) is 8. The topological polar surface area (TPSA) is 111 Å². The van der Waals surface area contributed by atoms with E-state index in [9.17, 15) is 44.3 Å². The number of hydrogen-bond donors (Lipinski definition) is 2. The van der Waals surface area contributed by atoms with Gasteiger partial charge in [0, 0.05) is 24.8 Å². The number of fused-ring (bicyclic) bond motifs is 1. The molecule has 1 aliphatic rings. The molecule has 45 heavy (non-hydrogen) atoms. The lowest BCUT2D eigenvalue weighted by Gasteiger charge is -2.38. The van der Waals surface area contributed by atoms with Crippen molar-refractivity contribution in [2.24, 2.45) is 5.73 Å². The maximum Gasteiger partial charge on any atom is 0.416 e. The van der Waals surface area contributed by atoms with Crippen molar-refractivity contribution in [1.82, 2.24) is 20.2 Å². The fraction of sp³-hybridized carbons (Fsp3) is 0.481. The van der Waals surface area contributed by atoms with Gasteiger partial charge in [-0.05, 0) is 79.9 Å². The van der Waals surface area contributed by atoms with E-state index in [1.165, 1.54) is 11.0 Å². The molecule has 3 aromatic rings. The van der Waals surface area contributed by atoms with E-state index in [-0.39, 0.29) is 49.2 Å². The van der Waals surface area contributed by atoms with E-state index in [0.29, 0.717) is 24.3 Å². The summed E-state index contributed by atoms with van der Waals surface area (Å²) in [7, 11) is 0. The van der Waals surface area contributed by atoms with Crippen LogP contribution in [0.1, 0.15) is 61.1 Å². The second-order valence-electron chi connectivity index (χ2n) is 10.4. The van der Waals surface area contributed by atoms with Crippen molar-refractivity contribution < 1.29 is 49.0 Å². The number of benzene rings is 2. The predicted octanol–water partition coefficient (Wildman–Crippen LogP) is 6.21. The molecule has 2 heterocycles. The first kappa shape index (κ1) is 35.4. The minimum atomic E-state index is -5.08. The molecule has 1 aliphatic heterocycles. The van der Waals surface area contributed by atoms with Crippen LogP contribution in [0, 0.1) is 0 Å². The highest BCUT2D eigenvalue weighted by molar-refractivity contribution is 5.59. The van der Waals surface area contributed by atoms with Gasteiger partial charge in [-0.2, -0.15) is 44.3 Å². The third-order valence-corrected chi connectivity index (χ3v) is 6.45. The fourth-order valence-electron chi connectivity index (χ4n) is 4.53. The zero-order chi connectivity index (χ0) is 33.7. The third kappa shape index (κ3) is 9.45. The molecule has 1 aromatic heterocycles. The number of nitrogens with zero attached hydrogens (tertiary/aromatic N) is 5. The Morgan fingerprint density at radius 1 is 1.00 bits per heavy atom. The van der Waals surface area contributed by atoms with E-state index in [1.807, 2.05) is 0 Å². The van der Waals surface area contributed by atoms with Crippen LogP contribution in [0.5, 0.6) is 0 Å². The van der Waals surface area contributed by atoms with Crippen LogP contribution >= 0.6 is 0 Å². The molecular weight excluding hydrogens is 625 g/mol. The van der Waals surface area contributed by atoms with Crippen LogP contribution < -0.4 is 16.0 Å². The van der Waals surface area contributed by atoms with Crippen molar-refractivity contribution in [1.29, 1.82) is 0 Å². The highest BCUT2D eigenvalue weighted by Crippen LogP contribution is 2.43. The van der Waals surface area contributed by atoms with Gasteiger partial charge in [0.05, 0.1) is 35.4 Å². The number of anilines is 2. The average molecular weight is 656 g/mol. The van der Waals surface area contributed by atoms with Gasteiger partial charge in [0.1, 0.15) is 0 Å². The lowest BCUT2D eigenvalue weighted by Crippen LogP contribution is -2.37. The number of nitrogens with two attached hydrogens (primary N) is 1. The second kappa shape index (κ2) is 13.9. The molecule has 2 unspecified atom stereocenters. The first-order valence-electron chi connectivity index (χ1n) is 13.4. The van der Waals surface area contributed by atoms with Crippen LogP contribution in [-0.4, -0.2) is 45.4 Å². The van der Waals surface area contributed by atoms with E-state index < -0.39 is 53.4 Å². The maximum absolute atomic E-state index is 13.5. The Morgan fingerprint density at radius 2 is 1.60 bits per heavy atom. The SMILES string of the molecule is CC(C)OC=O.CC1CC(N(Cc2cc(C(F)(F)F)cc(C(F)(F)F)c2)c2nnn(CCN)n2)c2cc(C(F)(F)F)ccc2N1. The van der Waals surface area contributed by atoms with Crippen molar-refractivity contribution in [3.8, 4) is 0 Å². The molecule has 2 aromatic carbocycles. The van der Waals surface area contributed by atoms with E-state index in [0.717, 1.165) is 16.9 Å². The summed E-state index contributed by atoms with van der Waals surface area (Å²) in [5.74, 6) is -0.197.